The molecule has 1 fully saturated rings. The van der Waals surface area contributed by atoms with Crippen molar-refractivity contribution in [3.63, 3.8) is 0 Å². The van der Waals surface area contributed by atoms with Crippen molar-refractivity contribution in [2.45, 2.75) is 96.5 Å². The van der Waals surface area contributed by atoms with Gasteiger partial charge in [0, 0.05) is 13.2 Å². The molecule has 1 saturated heterocycles. The number of aliphatic hydroxyl groups excluding tert-OH is 1. The lowest BCUT2D eigenvalue weighted by molar-refractivity contribution is 0.00408. The molecule has 0 aromatic rings. The number of hydrogen-bond acceptors (Lipinski definition) is 2. The standard InChI is InChI=1S/C18H36O2/c1-2-3-4-5-6-7-8-9-10-11-12-18(19)17-13-15-20-16-14-17/h17-19H,2-16H2,1H3. The van der Waals surface area contributed by atoms with E-state index in [0.29, 0.717) is 5.92 Å². The zero-order valence-electron chi connectivity index (χ0n) is 13.6. The van der Waals surface area contributed by atoms with Crippen LogP contribution in [0.25, 0.3) is 0 Å². The van der Waals surface area contributed by atoms with E-state index in [0.717, 1.165) is 32.5 Å². The molecule has 2 nitrogen and oxygen atoms in total. The Kier molecular flexibility index (Phi) is 11.4. The smallest absolute Gasteiger partial charge is 0.0570 e. The normalized spacial score (nSPS) is 18.3. The van der Waals surface area contributed by atoms with Gasteiger partial charge in [-0.05, 0) is 25.2 Å². The molecule has 1 N–H and O–H groups in total. The van der Waals surface area contributed by atoms with Crippen molar-refractivity contribution in [1.29, 1.82) is 0 Å². The van der Waals surface area contributed by atoms with E-state index >= 15 is 0 Å². The highest BCUT2D eigenvalue weighted by Crippen LogP contribution is 2.22. The fraction of sp³-hybridized carbons (Fsp3) is 1.00. The summed E-state index contributed by atoms with van der Waals surface area (Å²) in [6.45, 7) is 3.97. The van der Waals surface area contributed by atoms with Gasteiger partial charge in [0.1, 0.15) is 0 Å². The highest BCUT2D eigenvalue weighted by Gasteiger charge is 2.21. The largest absolute Gasteiger partial charge is 0.393 e. The number of aliphatic hydroxyl groups is 1. The van der Waals surface area contributed by atoms with E-state index in [-0.39, 0.29) is 6.10 Å². The van der Waals surface area contributed by atoms with Crippen molar-refractivity contribution in [3.8, 4) is 0 Å². The first-order valence-corrected chi connectivity index (χ1v) is 9.10. The summed E-state index contributed by atoms with van der Waals surface area (Å²) in [5, 5.41) is 10.1. The van der Waals surface area contributed by atoms with E-state index < -0.39 is 0 Å². The van der Waals surface area contributed by atoms with Crippen LogP contribution < -0.4 is 0 Å². The van der Waals surface area contributed by atoms with Crippen LogP contribution in [0, 0.1) is 5.92 Å². The number of ether oxygens (including phenoxy) is 1. The van der Waals surface area contributed by atoms with Gasteiger partial charge >= 0.3 is 0 Å². The molecule has 0 aromatic heterocycles. The van der Waals surface area contributed by atoms with E-state index in [1.165, 1.54) is 64.2 Å². The van der Waals surface area contributed by atoms with Gasteiger partial charge in [-0.3, -0.25) is 0 Å². The van der Waals surface area contributed by atoms with Gasteiger partial charge in [-0.15, -0.1) is 0 Å². The van der Waals surface area contributed by atoms with Gasteiger partial charge in [-0.25, -0.2) is 0 Å². The molecule has 0 radical (unpaired) electrons. The molecule has 0 aliphatic carbocycles. The Morgan fingerprint density at radius 3 is 1.90 bits per heavy atom. The van der Waals surface area contributed by atoms with Crippen LogP contribution in [-0.2, 0) is 4.74 Å². The minimum Gasteiger partial charge on any atom is -0.393 e. The quantitative estimate of drug-likeness (QED) is 0.506. The Morgan fingerprint density at radius 1 is 0.850 bits per heavy atom. The van der Waals surface area contributed by atoms with Gasteiger partial charge < -0.3 is 9.84 Å². The van der Waals surface area contributed by atoms with Crippen LogP contribution in [0.4, 0.5) is 0 Å². The maximum atomic E-state index is 10.1. The van der Waals surface area contributed by atoms with E-state index in [1.54, 1.807) is 0 Å². The zero-order valence-corrected chi connectivity index (χ0v) is 13.6. The number of rotatable bonds is 12. The highest BCUT2D eigenvalue weighted by molar-refractivity contribution is 4.71. The van der Waals surface area contributed by atoms with Crippen LogP contribution in [0.2, 0.25) is 0 Å². The third kappa shape index (κ3) is 8.97. The second-order valence-electron chi connectivity index (χ2n) is 6.49. The molecule has 120 valence electrons. The second kappa shape index (κ2) is 12.6. The molecule has 1 aliphatic rings. The fourth-order valence-electron chi connectivity index (χ4n) is 3.18. The van der Waals surface area contributed by atoms with Crippen LogP contribution >= 0.6 is 0 Å². The summed E-state index contributed by atoms with van der Waals surface area (Å²) >= 11 is 0. The van der Waals surface area contributed by atoms with Crippen molar-refractivity contribution in [2.24, 2.45) is 5.92 Å². The lowest BCUT2D eigenvalue weighted by Gasteiger charge is -2.26. The first kappa shape index (κ1) is 18.0. The zero-order chi connectivity index (χ0) is 14.5. The summed E-state index contributed by atoms with van der Waals surface area (Å²) in [5.41, 5.74) is 0. The Balaban J connectivity index is 1.82. The van der Waals surface area contributed by atoms with E-state index in [1.807, 2.05) is 0 Å². The van der Waals surface area contributed by atoms with Crippen LogP contribution in [0.3, 0.4) is 0 Å². The lowest BCUT2D eigenvalue weighted by atomic mass is 9.90. The van der Waals surface area contributed by atoms with Crippen molar-refractivity contribution in [3.05, 3.63) is 0 Å². The van der Waals surface area contributed by atoms with Crippen LogP contribution in [0.1, 0.15) is 90.4 Å². The summed E-state index contributed by atoms with van der Waals surface area (Å²) in [5.74, 6) is 0.502. The van der Waals surface area contributed by atoms with Gasteiger partial charge in [0.2, 0.25) is 0 Å². The molecule has 0 saturated carbocycles. The second-order valence-corrected chi connectivity index (χ2v) is 6.49. The molecule has 2 heteroatoms. The molecule has 0 aromatic carbocycles. The van der Waals surface area contributed by atoms with Crippen LogP contribution in [0.15, 0.2) is 0 Å². The minimum absolute atomic E-state index is 0.0760. The maximum Gasteiger partial charge on any atom is 0.0570 e. The molecule has 0 spiro atoms. The SMILES string of the molecule is CCCCCCCCCCCCC(O)C1CCOCC1. The van der Waals surface area contributed by atoms with Gasteiger partial charge in [0.05, 0.1) is 6.10 Å². The van der Waals surface area contributed by atoms with Gasteiger partial charge in [-0.1, -0.05) is 71.1 Å². The third-order valence-electron chi connectivity index (χ3n) is 4.66. The Hall–Kier alpha value is -0.0800. The van der Waals surface area contributed by atoms with Crippen molar-refractivity contribution in [1.82, 2.24) is 0 Å². The summed E-state index contributed by atoms with van der Waals surface area (Å²) in [7, 11) is 0. The number of hydrogen-bond donors (Lipinski definition) is 1. The molecule has 1 unspecified atom stereocenters. The summed E-state index contributed by atoms with van der Waals surface area (Å²) < 4.78 is 5.34. The van der Waals surface area contributed by atoms with E-state index in [9.17, 15) is 5.11 Å². The maximum absolute atomic E-state index is 10.1. The third-order valence-corrected chi connectivity index (χ3v) is 4.66. The predicted octanol–water partition coefficient (Wildman–Crippen LogP) is 5.08. The van der Waals surface area contributed by atoms with Crippen molar-refractivity contribution < 1.29 is 9.84 Å². The molecule has 1 aliphatic heterocycles. The van der Waals surface area contributed by atoms with Crippen molar-refractivity contribution >= 4 is 0 Å². The monoisotopic (exact) mass is 284 g/mol. The molecule has 0 amide bonds. The molecular weight excluding hydrogens is 248 g/mol. The van der Waals surface area contributed by atoms with Gasteiger partial charge in [0.15, 0.2) is 0 Å². The van der Waals surface area contributed by atoms with Gasteiger partial charge in [0.25, 0.3) is 0 Å². The van der Waals surface area contributed by atoms with Gasteiger partial charge in [-0.2, -0.15) is 0 Å². The highest BCUT2D eigenvalue weighted by atomic mass is 16.5. The van der Waals surface area contributed by atoms with Crippen molar-refractivity contribution in [2.75, 3.05) is 13.2 Å². The summed E-state index contributed by atoms with van der Waals surface area (Å²) in [4.78, 5) is 0. The Labute approximate surface area is 126 Å². The molecule has 1 heterocycles. The molecular formula is C18H36O2. The summed E-state index contributed by atoms with van der Waals surface area (Å²) in [6, 6.07) is 0. The van der Waals surface area contributed by atoms with E-state index in [4.69, 9.17) is 4.74 Å². The fourth-order valence-corrected chi connectivity index (χ4v) is 3.18. The molecule has 20 heavy (non-hydrogen) atoms. The van der Waals surface area contributed by atoms with Crippen LogP contribution in [-0.4, -0.2) is 24.4 Å². The average Bonchev–Trinajstić information content (AvgIpc) is 2.50. The molecule has 1 atom stereocenters. The Bertz CT molecular complexity index is 200. The predicted molar refractivity (Wildman–Crippen MR) is 86.0 cm³/mol. The average molecular weight is 284 g/mol. The van der Waals surface area contributed by atoms with Crippen LogP contribution in [0.5, 0.6) is 0 Å². The lowest BCUT2D eigenvalue weighted by Crippen LogP contribution is -2.27. The first-order chi connectivity index (χ1) is 9.84. The Morgan fingerprint density at radius 2 is 1.35 bits per heavy atom. The first-order valence-electron chi connectivity index (χ1n) is 9.10. The van der Waals surface area contributed by atoms with E-state index in [2.05, 4.69) is 6.92 Å². The molecule has 1 rings (SSSR count). The molecule has 0 bridgehead atoms. The topological polar surface area (TPSA) is 29.5 Å². The minimum atomic E-state index is -0.0760. The summed E-state index contributed by atoms with van der Waals surface area (Å²) in [6.07, 6.45) is 16.7. The number of unbranched alkanes of at least 4 members (excludes halogenated alkanes) is 9.